The van der Waals surface area contributed by atoms with Crippen LogP contribution in [0.25, 0.3) is 10.9 Å². The molecule has 2 saturated heterocycles. The van der Waals surface area contributed by atoms with Crippen LogP contribution in [0.5, 0.6) is 0 Å². The van der Waals surface area contributed by atoms with Crippen LogP contribution in [0.1, 0.15) is 49.0 Å². The highest BCUT2D eigenvalue weighted by atomic mass is 19.1. The third-order valence-corrected chi connectivity index (χ3v) is 7.96. The first-order valence-corrected chi connectivity index (χ1v) is 13.6. The van der Waals surface area contributed by atoms with E-state index in [1.54, 1.807) is 22.8 Å². The summed E-state index contributed by atoms with van der Waals surface area (Å²) in [6, 6.07) is 7.57. The molecule has 9 nitrogen and oxygen atoms in total. The van der Waals surface area contributed by atoms with E-state index >= 15 is 8.78 Å². The maximum atomic E-state index is 15.3. The van der Waals surface area contributed by atoms with E-state index in [1.165, 1.54) is 17.2 Å². The maximum absolute atomic E-state index is 15.3. The number of cyclic esters (lactones) is 1. The van der Waals surface area contributed by atoms with Gasteiger partial charge in [-0.25, -0.2) is 18.4 Å². The SMILES string of the molecule is CCC[C@H]1CN(c2ccc(N3CCN(c4cc5c(cc4F)c(=O)c(C(=O)O)cn5C4CC4)CC3)c(F)c2)C(=O)O1. The van der Waals surface area contributed by atoms with E-state index < -0.39 is 29.1 Å². The van der Waals surface area contributed by atoms with E-state index in [-0.39, 0.29) is 23.1 Å². The molecule has 1 aliphatic carbocycles. The van der Waals surface area contributed by atoms with Crippen LogP contribution in [0.15, 0.2) is 41.3 Å². The number of aromatic nitrogens is 1. The van der Waals surface area contributed by atoms with Crippen molar-refractivity contribution in [2.24, 2.45) is 0 Å². The number of carbonyl (C=O) groups is 2. The number of carboxylic acids is 1. The molecule has 3 aliphatic rings. The van der Waals surface area contributed by atoms with E-state index in [1.807, 2.05) is 16.7 Å². The fraction of sp³-hybridized carbons (Fsp3) is 0.414. The fourth-order valence-corrected chi connectivity index (χ4v) is 5.72. The largest absolute Gasteiger partial charge is 0.477 e. The molecule has 1 aromatic heterocycles. The van der Waals surface area contributed by atoms with Gasteiger partial charge in [0.1, 0.15) is 23.3 Å². The lowest BCUT2D eigenvalue weighted by molar-refractivity contribution is 0.0694. The van der Waals surface area contributed by atoms with Crippen LogP contribution >= 0.6 is 0 Å². The lowest BCUT2D eigenvalue weighted by Gasteiger charge is -2.37. The van der Waals surface area contributed by atoms with E-state index in [0.717, 1.165) is 31.7 Å². The topological polar surface area (TPSA) is 95.3 Å². The minimum Gasteiger partial charge on any atom is -0.477 e. The molecule has 11 heteroatoms. The van der Waals surface area contributed by atoms with Gasteiger partial charge in [0.15, 0.2) is 0 Å². The van der Waals surface area contributed by atoms with Crippen molar-refractivity contribution < 1.29 is 28.2 Å². The number of carbonyl (C=O) groups excluding carboxylic acids is 1. The monoisotopic (exact) mass is 552 g/mol. The molecule has 6 rings (SSSR count). The van der Waals surface area contributed by atoms with E-state index in [4.69, 9.17) is 4.74 Å². The Kier molecular flexibility index (Phi) is 6.59. The summed E-state index contributed by atoms with van der Waals surface area (Å²) in [5.41, 5.74) is 0.638. The average Bonchev–Trinajstić information content (AvgIpc) is 3.71. The molecule has 210 valence electrons. The Morgan fingerprint density at radius 1 is 1.00 bits per heavy atom. The number of hydrogen-bond acceptors (Lipinski definition) is 6. The van der Waals surface area contributed by atoms with Gasteiger partial charge >= 0.3 is 12.1 Å². The molecular formula is C29H30F2N4O5. The second-order valence-electron chi connectivity index (χ2n) is 10.7. The van der Waals surface area contributed by atoms with E-state index in [2.05, 4.69) is 0 Å². The van der Waals surface area contributed by atoms with Crippen LogP contribution in [-0.4, -0.2) is 60.6 Å². The van der Waals surface area contributed by atoms with Gasteiger partial charge in [0.2, 0.25) is 5.43 Å². The number of anilines is 3. The van der Waals surface area contributed by atoms with Gasteiger partial charge < -0.3 is 24.2 Å². The number of aromatic carboxylic acids is 1. The number of nitrogens with zero attached hydrogens (tertiary/aromatic N) is 4. The Morgan fingerprint density at radius 3 is 2.30 bits per heavy atom. The number of halogens is 2. The van der Waals surface area contributed by atoms with Crippen molar-refractivity contribution in [2.45, 2.75) is 44.8 Å². The second kappa shape index (κ2) is 10.1. The van der Waals surface area contributed by atoms with Crippen molar-refractivity contribution in [2.75, 3.05) is 47.4 Å². The molecule has 3 fully saturated rings. The normalized spacial score (nSPS) is 19.4. The number of carboxylic acid groups (broad SMARTS) is 1. The third kappa shape index (κ3) is 4.63. The first-order valence-electron chi connectivity index (χ1n) is 13.6. The van der Waals surface area contributed by atoms with E-state index in [9.17, 15) is 19.5 Å². The molecule has 1 atom stereocenters. The van der Waals surface area contributed by atoms with Crippen molar-refractivity contribution in [3.63, 3.8) is 0 Å². The molecule has 0 radical (unpaired) electrons. The Balaban J connectivity index is 1.21. The molecule has 1 saturated carbocycles. The molecule has 0 bridgehead atoms. The number of rotatable bonds is 7. The van der Waals surface area contributed by atoms with Crippen LogP contribution in [-0.2, 0) is 4.74 Å². The second-order valence-corrected chi connectivity index (χ2v) is 10.7. The fourth-order valence-electron chi connectivity index (χ4n) is 5.72. The summed E-state index contributed by atoms with van der Waals surface area (Å²) in [6.07, 6.45) is 4.08. The highest BCUT2D eigenvalue weighted by Crippen LogP contribution is 2.38. The van der Waals surface area contributed by atoms with Crippen LogP contribution < -0.4 is 20.1 Å². The predicted molar refractivity (Wildman–Crippen MR) is 147 cm³/mol. The summed E-state index contributed by atoms with van der Waals surface area (Å²) in [5, 5.41) is 9.51. The van der Waals surface area contributed by atoms with Gasteiger partial charge in [-0.15, -0.1) is 0 Å². The molecular weight excluding hydrogens is 522 g/mol. The molecule has 0 spiro atoms. The summed E-state index contributed by atoms with van der Waals surface area (Å²) in [5.74, 6) is -2.38. The number of pyridine rings is 1. The van der Waals surface area contributed by atoms with Crippen LogP contribution in [0.2, 0.25) is 0 Å². The van der Waals surface area contributed by atoms with Crippen LogP contribution in [0, 0.1) is 11.6 Å². The minimum atomic E-state index is -1.33. The predicted octanol–water partition coefficient (Wildman–Crippen LogP) is 4.76. The molecule has 1 N–H and O–H groups in total. The van der Waals surface area contributed by atoms with Crippen molar-refractivity contribution in [3.8, 4) is 0 Å². The molecule has 2 aliphatic heterocycles. The summed E-state index contributed by atoms with van der Waals surface area (Å²) in [4.78, 5) is 41.8. The lowest BCUT2D eigenvalue weighted by atomic mass is 10.1. The summed E-state index contributed by atoms with van der Waals surface area (Å²) < 4.78 is 37.6. The van der Waals surface area contributed by atoms with Crippen LogP contribution in [0.4, 0.5) is 30.6 Å². The highest BCUT2D eigenvalue weighted by molar-refractivity contribution is 5.94. The number of piperazine rings is 1. The van der Waals surface area contributed by atoms with E-state index in [0.29, 0.717) is 55.3 Å². The molecule has 40 heavy (non-hydrogen) atoms. The number of amides is 1. The van der Waals surface area contributed by atoms with Crippen molar-refractivity contribution in [1.29, 1.82) is 0 Å². The molecule has 0 unspecified atom stereocenters. The van der Waals surface area contributed by atoms with Crippen molar-refractivity contribution in [1.82, 2.24) is 4.57 Å². The van der Waals surface area contributed by atoms with Crippen molar-refractivity contribution in [3.05, 3.63) is 63.9 Å². The Hall–Kier alpha value is -4.15. The zero-order valence-corrected chi connectivity index (χ0v) is 22.1. The Labute approximate surface area is 229 Å². The highest BCUT2D eigenvalue weighted by Gasteiger charge is 2.33. The van der Waals surface area contributed by atoms with Gasteiger partial charge in [-0.05, 0) is 49.6 Å². The first kappa shape index (κ1) is 26.1. The number of ether oxygens (including phenoxy) is 1. The average molecular weight is 553 g/mol. The minimum absolute atomic E-state index is 0.0525. The van der Waals surface area contributed by atoms with Gasteiger partial charge in [0.25, 0.3) is 0 Å². The molecule has 2 aromatic carbocycles. The Bertz CT molecular complexity index is 1560. The van der Waals surface area contributed by atoms with Gasteiger partial charge in [-0.3, -0.25) is 9.69 Å². The van der Waals surface area contributed by atoms with Gasteiger partial charge in [-0.1, -0.05) is 13.3 Å². The maximum Gasteiger partial charge on any atom is 0.414 e. The van der Waals surface area contributed by atoms with Gasteiger partial charge in [0.05, 0.1) is 29.1 Å². The van der Waals surface area contributed by atoms with Crippen LogP contribution in [0.3, 0.4) is 0 Å². The first-order chi connectivity index (χ1) is 19.2. The van der Waals surface area contributed by atoms with Gasteiger partial charge in [0, 0.05) is 43.8 Å². The summed E-state index contributed by atoms with van der Waals surface area (Å²) in [6.45, 7) is 4.12. The zero-order chi connectivity index (χ0) is 28.1. The van der Waals surface area contributed by atoms with Gasteiger partial charge in [-0.2, -0.15) is 0 Å². The summed E-state index contributed by atoms with van der Waals surface area (Å²) >= 11 is 0. The zero-order valence-electron chi connectivity index (χ0n) is 22.1. The summed E-state index contributed by atoms with van der Waals surface area (Å²) in [7, 11) is 0. The smallest absolute Gasteiger partial charge is 0.414 e. The van der Waals surface area contributed by atoms with Crippen molar-refractivity contribution >= 4 is 40.0 Å². The Morgan fingerprint density at radius 2 is 1.68 bits per heavy atom. The standard InChI is InChI=1S/C29H30F2N4O5/c1-2-3-19-15-35(29(39)40-19)18-6-7-24(22(30)12-18)32-8-10-33(11-9-32)26-14-25-20(13-23(26)31)27(36)21(28(37)38)16-34(25)17-4-5-17/h6-7,12-14,16-17,19H,2-5,8-11,15H2,1H3,(H,37,38)/t19-/m0/s1. The lowest BCUT2D eigenvalue weighted by Crippen LogP contribution is -2.47. The molecule has 1 amide bonds. The molecule has 3 heterocycles. The quantitative estimate of drug-likeness (QED) is 0.452. The third-order valence-electron chi connectivity index (χ3n) is 7.96. The molecule has 3 aromatic rings. The number of hydrogen-bond donors (Lipinski definition) is 1. The number of benzene rings is 2. The number of fused-ring (bicyclic) bond motifs is 1.